The number of para-hydroxylation sites is 1. The van der Waals surface area contributed by atoms with E-state index >= 15 is 0 Å². The van der Waals surface area contributed by atoms with Gasteiger partial charge in [-0.1, -0.05) is 89.3 Å². The van der Waals surface area contributed by atoms with Crippen LogP contribution in [0.1, 0.15) is 77.6 Å². The second kappa shape index (κ2) is 14.1. The molecule has 0 saturated carbocycles. The van der Waals surface area contributed by atoms with Gasteiger partial charge in [0.1, 0.15) is 5.75 Å². The highest BCUT2D eigenvalue weighted by Gasteiger charge is 2.04. The minimum absolute atomic E-state index is 0.447. The molecule has 0 bridgehead atoms. The van der Waals surface area contributed by atoms with Gasteiger partial charge in [0.25, 0.3) is 0 Å². The van der Waals surface area contributed by atoms with E-state index in [1.54, 1.807) is 12.1 Å². The summed E-state index contributed by atoms with van der Waals surface area (Å²) in [7, 11) is 0. The Kier molecular flexibility index (Phi) is 12.0. The summed E-state index contributed by atoms with van der Waals surface area (Å²) in [6.07, 6.45) is 13.5. The molecule has 0 aliphatic heterocycles. The first-order valence-corrected chi connectivity index (χ1v) is 9.22. The average Bonchev–Trinajstić information content (AvgIpc) is 2.57. The molecule has 1 rings (SSSR count). The Bertz CT molecular complexity index is 389. The van der Waals surface area contributed by atoms with Crippen molar-refractivity contribution in [1.29, 1.82) is 0 Å². The molecule has 0 unspecified atom stereocenters. The molecule has 1 aromatic rings. The number of carbonyl (C=O) groups is 1. The molecule has 0 aliphatic rings. The molecule has 0 radical (unpaired) electrons. The van der Waals surface area contributed by atoms with Crippen molar-refractivity contribution in [2.75, 3.05) is 6.61 Å². The third-order valence-electron chi connectivity index (χ3n) is 3.91. The van der Waals surface area contributed by atoms with Crippen LogP contribution in [0.3, 0.4) is 0 Å². The maximum atomic E-state index is 11.5. The highest BCUT2D eigenvalue weighted by atomic mass is 16.7. The van der Waals surface area contributed by atoms with Crippen LogP contribution in [-0.4, -0.2) is 12.8 Å². The van der Waals surface area contributed by atoms with Gasteiger partial charge in [-0.3, -0.25) is 0 Å². The Morgan fingerprint density at radius 1 is 0.783 bits per heavy atom. The Morgan fingerprint density at radius 3 is 1.87 bits per heavy atom. The first kappa shape index (κ1) is 19.5. The summed E-state index contributed by atoms with van der Waals surface area (Å²) in [5.41, 5.74) is 0. The van der Waals surface area contributed by atoms with Gasteiger partial charge < -0.3 is 9.47 Å². The van der Waals surface area contributed by atoms with Gasteiger partial charge in [0.05, 0.1) is 6.61 Å². The Hall–Kier alpha value is -1.51. The second-order valence-corrected chi connectivity index (χ2v) is 6.05. The standard InChI is InChI=1S/C20H32O3/c1-2-3-4-5-6-7-8-9-10-11-15-18-22-20(21)23-19-16-13-12-14-17-19/h12-14,16-17H,2-11,15,18H2,1H3. The van der Waals surface area contributed by atoms with Crippen molar-refractivity contribution in [3.8, 4) is 5.75 Å². The van der Waals surface area contributed by atoms with Crippen molar-refractivity contribution in [3.63, 3.8) is 0 Å². The number of hydrogen-bond acceptors (Lipinski definition) is 3. The number of ether oxygens (including phenoxy) is 2. The predicted octanol–water partition coefficient (Wildman–Crippen LogP) is 6.51. The van der Waals surface area contributed by atoms with Crippen LogP contribution < -0.4 is 4.74 Å². The van der Waals surface area contributed by atoms with E-state index in [1.807, 2.05) is 18.2 Å². The summed E-state index contributed by atoms with van der Waals surface area (Å²) < 4.78 is 10.1. The monoisotopic (exact) mass is 320 g/mol. The van der Waals surface area contributed by atoms with Gasteiger partial charge in [-0.2, -0.15) is 0 Å². The number of hydrogen-bond donors (Lipinski definition) is 0. The minimum atomic E-state index is -0.608. The third kappa shape index (κ3) is 11.7. The van der Waals surface area contributed by atoms with E-state index in [-0.39, 0.29) is 0 Å². The molecule has 0 atom stereocenters. The van der Waals surface area contributed by atoms with Crippen LogP contribution in [0.4, 0.5) is 4.79 Å². The molecule has 0 spiro atoms. The van der Waals surface area contributed by atoms with E-state index in [0.717, 1.165) is 12.8 Å². The molecule has 23 heavy (non-hydrogen) atoms. The van der Waals surface area contributed by atoms with Gasteiger partial charge in [-0.25, -0.2) is 4.79 Å². The van der Waals surface area contributed by atoms with Crippen molar-refractivity contribution in [2.45, 2.75) is 77.6 Å². The predicted molar refractivity (Wildman–Crippen MR) is 94.9 cm³/mol. The summed E-state index contributed by atoms with van der Waals surface area (Å²) >= 11 is 0. The maximum absolute atomic E-state index is 11.5. The fraction of sp³-hybridized carbons (Fsp3) is 0.650. The zero-order chi connectivity index (χ0) is 16.6. The van der Waals surface area contributed by atoms with Gasteiger partial charge in [-0.05, 0) is 18.6 Å². The molecular formula is C20H32O3. The third-order valence-corrected chi connectivity index (χ3v) is 3.91. The van der Waals surface area contributed by atoms with E-state index in [1.165, 1.54) is 57.8 Å². The van der Waals surface area contributed by atoms with Gasteiger partial charge >= 0.3 is 6.16 Å². The van der Waals surface area contributed by atoms with E-state index in [2.05, 4.69) is 6.92 Å². The summed E-state index contributed by atoms with van der Waals surface area (Å²) in [6, 6.07) is 9.01. The molecular weight excluding hydrogens is 288 g/mol. The number of benzene rings is 1. The number of carbonyl (C=O) groups excluding carboxylic acids is 1. The SMILES string of the molecule is CCCCCCCCCCCCCOC(=O)Oc1ccccc1. The van der Waals surface area contributed by atoms with Crippen LogP contribution in [0.15, 0.2) is 30.3 Å². The number of rotatable bonds is 13. The van der Waals surface area contributed by atoms with E-state index < -0.39 is 6.16 Å². The lowest BCUT2D eigenvalue weighted by atomic mass is 10.1. The molecule has 0 aromatic heterocycles. The zero-order valence-corrected chi connectivity index (χ0v) is 14.6. The lowest BCUT2D eigenvalue weighted by Gasteiger charge is -2.06. The van der Waals surface area contributed by atoms with Crippen LogP contribution in [0, 0.1) is 0 Å². The van der Waals surface area contributed by atoms with Crippen molar-refractivity contribution < 1.29 is 14.3 Å². The van der Waals surface area contributed by atoms with Gasteiger partial charge in [0, 0.05) is 0 Å². The summed E-state index contributed by atoms with van der Waals surface area (Å²) in [4.78, 5) is 11.5. The molecule has 3 heteroatoms. The highest BCUT2D eigenvalue weighted by molar-refractivity contribution is 5.63. The molecule has 0 fully saturated rings. The lowest BCUT2D eigenvalue weighted by molar-refractivity contribution is 0.0973. The number of unbranched alkanes of at least 4 members (excludes halogenated alkanes) is 10. The van der Waals surface area contributed by atoms with Crippen LogP contribution in [0.5, 0.6) is 5.75 Å². The Morgan fingerprint density at radius 2 is 1.30 bits per heavy atom. The van der Waals surface area contributed by atoms with E-state index in [0.29, 0.717) is 12.4 Å². The molecule has 0 saturated heterocycles. The van der Waals surface area contributed by atoms with Crippen LogP contribution >= 0.6 is 0 Å². The Balaban J connectivity index is 1.83. The van der Waals surface area contributed by atoms with E-state index in [4.69, 9.17) is 9.47 Å². The molecule has 0 aliphatic carbocycles. The summed E-state index contributed by atoms with van der Waals surface area (Å²) in [5.74, 6) is 0.524. The fourth-order valence-corrected chi connectivity index (χ4v) is 2.54. The molecule has 0 amide bonds. The van der Waals surface area contributed by atoms with Crippen molar-refractivity contribution >= 4 is 6.16 Å². The normalized spacial score (nSPS) is 10.5. The van der Waals surface area contributed by atoms with E-state index in [9.17, 15) is 4.79 Å². The lowest BCUT2D eigenvalue weighted by Crippen LogP contribution is -2.11. The first-order valence-electron chi connectivity index (χ1n) is 9.22. The average molecular weight is 320 g/mol. The quantitative estimate of drug-likeness (QED) is 0.236. The first-order chi connectivity index (χ1) is 11.3. The van der Waals surface area contributed by atoms with Crippen molar-refractivity contribution in [3.05, 3.63) is 30.3 Å². The second-order valence-electron chi connectivity index (χ2n) is 6.05. The summed E-state index contributed by atoms with van der Waals surface area (Å²) in [5, 5.41) is 0. The van der Waals surface area contributed by atoms with Crippen molar-refractivity contribution in [2.24, 2.45) is 0 Å². The zero-order valence-electron chi connectivity index (χ0n) is 14.6. The van der Waals surface area contributed by atoms with Gasteiger partial charge in [-0.15, -0.1) is 0 Å². The minimum Gasteiger partial charge on any atom is -0.434 e. The molecule has 0 heterocycles. The van der Waals surface area contributed by atoms with Crippen molar-refractivity contribution in [1.82, 2.24) is 0 Å². The molecule has 1 aromatic carbocycles. The fourth-order valence-electron chi connectivity index (χ4n) is 2.54. The van der Waals surface area contributed by atoms with Crippen LogP contribution in [-0.2, 0) is 4.74 Å². The van der Waals surface area contributed by atoms with Crippen LogP contribution in [0.2, 0.25) is 0 Å². The largest absolute Gasteiger partial charge is 0.513 e. The van der Waals surface area contributed by atoms with Gasteiger partial charge in [0.15, 0.2) is 0 Å². The van der Waals surface area contributed by atoms with Crippen LogP contribution in [0.25, 0.3) is 0 Å². The highest BCUT2D eigenvalue weighted by Crippen LogP contribution is 2.12. The molecule has 0 N–H and O–H groups in total. The topological polar surface area (TPSA) is 35.5 Å². The molecule has 130 valence electrons. The maximum Gasteiger partial charge on any atom is 0.513 e. The van der Waals surface area contributed by atoms with Gasteiger partial charge in [0.2, 0.25) is 0 Å². The summed E-state index contributed by atoms with van der Waals surface area (Å²) in [6.45, 7) is 2.70. The molecule has 3 nitrogen and oxygen atoms in total. The Labute approximate surface area is 141 Å². The smallest absolute Gasteiger partial charge is 0.434 e.